The summed E-state index contributed by atoms with van der Waals surface area (Å²) in [5.41, 5.74) is 1.56. The summed E-state index contributed by atoms with van der Waals surface area (Å²) in [6.45, 7) is -0.0292. The zero-order chi connectivity index (χ0) is 18.1. The first kappa shape index (κ1) is 18.7. The maximum absolute atomic E-state index is 12.0. The first-order chi connectivity index (χ1) is 12.1. The first-order valence-corrected chi connectivity index (χ1v) is 8.99. The smallest absolute Gasteiger partial charge is 0.239 e. The molecule has 0 fully saturated rings. The number of rotatable bonds is 9. The van der Waals surface area contributed by atoms with E-state index in [-0.39, 0.29) is 23.5 Å². The van der Waals surface area contributed by atoms with Gasteiger partial charge in [0.05, 0.1) is 5.25 Å². The van der Waals surface area contributed by atoms with E-state index in [9.17, 15) is 14.4 Å². The van der Waals surface area contributed by atoms with Gasteiger partial charge in [-0.25, -0.2) is 0 Å². The van der Waals surface area contributed by atoms with Gasteiger partial charge in [-0.3, -0.25) is 19.7 Å². The van der Waals surface area contributed by atoms with Crippen LogP contribution in [-0.2, 0) is 16.0 Å². The van der Waals surface area contributed by atoms with Crippen LogP contribution in [0.15, 0.2) is 54.6 Å². The van der Waals surface area contributed by atoms with Crippen molar-refractivity contribution in [1.29, 1.82) is 0 Å². The molecule has 0 radical (unpaired) electrons. The van der Waals surface area contributed by atoms with E-state index >= 15 is 0 Å². The Labute approximate surface area is 150 Å². The van der Waals surface area contributed by atoms with Gasteiger partial charge >= 0.3 is 0 Å². The molecule has 1 N–H and O–H groups in total. The van der Waals surface area contributed by atoms with Gasteiger partial charge < -0.3 is 4.74 Å². The van der Waals surface area contributed by atoms with Crippen molar-refractivity contribution in [2.75, 3.05) is 12.9 Å². The van der Waals surface area contributed by atoms with Crippen LogP contribution in [0.5, 0.6) is 5.75 Å². The maximum Gasteiger partial charge on any atom is 0.239 e. The Bertz CT molecular complexity index is 716. The predicted molar refractivity (Wildman–Crippen MR) is 97.9 cm³/mol. The molecular weight excluding hydrogens is 338 g/mol. The molecule has 0 bridgehead atoms. The molecular formula is C19H19NO4S. The lowest BCUT2D eigenvalue weighted by molar-refractivity contribution is -0.124. The van der Waals surface area contributed by atoms with Crippen LogP contribution in [0.2, 0.25) is 0 Å². The van der Waals surface area contributed by atoms with Crippen LogP contribution in [0, 0.1) is 0 Å². The number of benzene rings is 2. The average molecular weight is 357 g/mol. The van der Waals surface area contributed by atoms with Crippen LogP contribution >= 0.6 is 11.8 Å². The van der Waals surface area contributed by atoms with Gasteiger partial charge in [-0.1, -0.05) is 42.5 Å². The lowest BCUT2D eigenvalue weighted by Crippen LogP contribution is -2.32. The number of hydrogen-bond donors (Lipinski definition) is 1. The van der Waals surface area contributed by atoms with Gasteiger partial charge in [0, 0.05) is 5.56 Å². The SMILES string of the molecule is CSC(Cc1ccc(OCC(=O)c2ccccc2)cc1)C(=O)NC=O. The number of hydrogen-bond acceptors (Lipinski definition) is 5. The second kappa shape index (κ2) is 9.64. The van der Waals surface area contributed by atoms with Crippen LogP contribution in [0.25, 0.3) is 0 Å². The monoisotopic (exact) mass is 357 g/mol. The highest BCUT2D eigenvalue weighted by Crippen LogP contribution is 2.18. The summed E-state index contributed by atoms with van der Waals surface area (Å²) < 4.78 is 5.51. The molecule has 6 heteroatoms. The Balaban J connectivity index is 1.90. The molecule has 2 amide bonds. The van der Waals surface area contributed by atoms with E-state index in [0.717, 1.165) is 5.56 Å². The number of Topliss-reactive ketones (excluding diaryl/α,β-unsaturated/α-hetero) is 1. The lowest BCUT2D eigenvalue weighted by Gasteiger charge is -2.12. The van der Waals surface area contributed by atoms with E-state index in [2.05, 4.69) is 5.32 Å². The molecule has 0 aliphatic heterocycles. The van der Waals surface area contributed by atoms with Gasteiger partial charge in [0.2, 0.25) is 12.3 Å². The summed E-state index contributed by atoms with van der Waals surface area (Å²) in [4.78, 5) is 34.1. The van der Waals surface area contributed by atoms with Crippen molar-refractivity contribution in [1.82, 2.24) is 5.32 Å². The third kappa shape index (κ3) is 5.76. The van der Waals surface area contributed by atoms with Gasteiger partial charge in [0.15, 0.2) is 12.4 Å². The van der Waals surface area contributed by atoms with Crippen molar-refractivity contribution >= 4 is 29.9 Å². The van der Waals surface area contributed by atoms with Crippen molar-refractivity contribution in [2.45, 2.75) is 11.7 Å². The van der Waals surface area contributed by atoms with Crippen molar-refractivity contribution < 1.29 is 19.1 Å². The lowest BCUT2D eigenvalue weighted by atomic mass is 10.1. The summed E-state index contributed by atoms with van der Waals surface area (Å²) in [6, 6.07) is 16.2. The molecule has 0 saturated carbocycles. The van der Waals surface area contributed by atoms with E-state index in [0.29, 0.717) is 24.1 Å². The highest BCUT2D eigenvalue weighted by Gasteiger charge is 2.17. The standard InChI is InChI=1S/C19H19NO4S/c1-25-18(19(23)20-13-21)11-14-7-9-16(10-8-14)24-12-17(22)15-5-3-2-4-6-15/h2-10,13,18H,11-12H2,1H3,(H,20,21,23). The van der Waals surface area contributed by atoms with Gasteiger partial charge in [0.1, 0.15) is 5.75 Å². The number of ketones is 1. The third-order valence-corrected chi connectivity index (χ3v) is 4.54. The van der Waals surface area contributed by atoms with Crippen LogP contribution in [-0.4, -0.2) is 36.2 Å². The quantitative estimate of drug-likeness (QED) is 0.551. The molecule has 0 heterocycles. The highest BCUT2D eigenvalue weighted by atomic mass is 32.2. The Morgan fingerprint density at radius 2 is 1.80 bits per heavy atom. The average Bonchev–Trinajstić information content (AvgIpc) is 2.66. The number of nitrogens with one attached hydrogen (secondary N) is 1. The molecule has 1 unspecified atom stereocenters. The zero-order valence-corrected chi connectivity index (χ0v) is 14.6. The molecule has 130 valence electrons. The number of amides is 2. The number of carbonyl (C=O) groups excluding carboxylic acids is 3. The van der Waals surface area contributed by atoms with Crippen molar-refractivity contribution in [2.24, 2.45) is 0 Å². The van der Waals surface area contributed by atoms with Crippen molar-refractivity contribution in [3.05, 3.63) is 65.7 Å². The fraction of sp³-hybridized carbons (Fsp3) is 0.211. The van der Waals surface area contributed by atoms with Crippen LogP contribution in [0.4, 0.5) is 0 Å². The van der Waals surface area contributed by atoms with E-state index in [1.807, 2.05) is 36.6 Å². The van der Waals surface area contributed by atoms with Crippen LogP contribution < -0.4 is 10.1 Å². The summed E-state index contributed by atoms with van der Waals surface area (Å²) in [7, 11) is 0. The first-order valence-electron chi connectivity index (χ1n) is 7.71. The summed E-state index contributed by atoms with van der Waals surface area (Å²) >= 11 is 1.38. The molecule has 2 rings (SSSR count). The molecule has 0 aliphatic rings. The van der Waals surface area contributed by atoms with E-state index in [1.165, 1.54) is 11.8 Å². The summed E-state index contributed by atoms with van der Waals surface area (Å²) in [5, 5.41) is 1.84. The molecule has 0 aromatic heterocycles. The second-order valence-electron chi connectivity index (χ2n) is 5.28. The highest BCUT2D eigenvalue weighted by molar-refractivity contribution is 7.99. The molecule has 1 atom stereocenters. The molecule has 5 nitrogen and oxygen atoms in total. The van der Waals surface area contributed by atoms with Crippen LogP contribution in [0.3, 0.4) is 0 Å². The third-order valence-electron chi connectivity index (χ3n) is 3.59. The van der Waals surface area contributed by atoms with E-state index in [4.69, 9.17) is 4.74 Å². The van der Waals surface area contributed by atoms with Crippen molar-refractivity contribution in [3.63, 3.8) is 0 Å². The normalized spacial score (nSPS) is 11.4. The van der Waals surface area contributed by atoms with Crippen molar-refractivity contribution in [3.8, 4) is 5.75 Å². The van der Waals surface area contributed by atoms with Gasteiger partial charge in [-0.2, -0.15) is 11.8 Å². The molecule has 2 aromatic carbocycles. The number of imide groups is 1. The topological polar surface area (TPSA) is 72.5 Å². The fourth-order valence-corrected chi connectivity index (χ4v) is 2.87. The Kier molecular flexibility index (Phi) is 7.22. The Morgan fingerprint density at radius 3 is 2.40 bits per heavy atom. The zero-order valence-electron chi connectivity index (χ0n) is 13.8. The number of carbonyl (C=O) groups is 3. The number of ether oxygens (including phenoxy) is 1. The summed E-state index contributed by atoms with van der Waals surface area (Å²) in [6.07, 6.45) is 2.72. The molecule has 2 aromatic rings. The fourth-order valence-electron chi connectivity index (χ4n) is 2.23. The predicted octanol–water partition coefficient (Wildman–Crippen LogP) is 2.50. The van der Waals surface area contributed by atoms with E-state index < -0.39 is 0 Å². The number of thioether (sulfide) groups is 1. The minimum atomic E-state index is -0.336. The largest absolute Gasteiger partial charge is 0.485 e. The minimum absolute atomic E-state index is 0.0292. The summed E-state index contributed by atoms with van der Waals surface area (Å²) in [5.74, 6) is 0.194. The van der Waals surface area contributed by atoms with Gasteiger partial charge in [-0.05, 0) is 30.4 Å². The molecule has 25 heavy (non-hydrogen) atoms. The Morgan fingerprint density at radius 1 is 1.12 bits per heavy atom. The van der Waals surface area contributed by atoms with E-state index in [1.54, 1.807) is 24.3 Å². The van der Waals surface area contributed by atoms with Crippen LogP contribution in [0.1, 0.15) is 15.9 Å². The molecule has 0 spiro atoms. The van der Waals surface area contributed by atoms with Gasteiger partial charge in [0.25, 0.3) is 0 Å². The minimum Gasteiger partial charge on any atom is -0.485 e. The molecule has 0 saturated heterocycles. The van der Waals surface area contributed by atoms with Gasteiger partial charge in [-0.15, -0.1) is 0 Å². The molecule has 0 aliphatic carbocycles. The second-order valence-corrected chi connectivity index (χ2v) is 6.32. The maximum atomic E-state index is 12.0. The Hall–Kier alpha value is -2.60.